The van der Waals surface area contributed by atoms with Gasteiger partial charge in [0.05, 0.1) is 16.3 Å². The van der Waals surface area contributed by atoms with Crippen LogP contribution in [0.4, 0.5) is 5.69 Å². The topological polar surface area (TPSA) is 58.8 Å². The summed E-state index contributed by atoms with van der Waals surface area (Å²) in [7, 11) is 2.11. The van der Waals surface area contributed by atoms with Crippen molar-refractivity contribution in [3.05, 3.63) is 28.8 Å². The molecule has 0 amide bonds. The highest BCUT2D eigenvalue weighted by molar-refractivity contribution is 6.33. The van der Waals surface area contributed by atoms with Gasteiger partial charge in [-0.1, -0.05) is 17.7 Å². The predicted molar refractivity (Wildman–Crippen MR) is 80.1 cm³/mol. The van der Waals surface area contributed by atoms with Gasteiger partial charge in [0.25, 0.3) is 0 Å². The predicted octanol–water partition coefficient (Wildman–Crippen LogP) is 1.33. The summed E-state index contributed by atoms with van der Waals surface area (Å²) in [5.74, 6) is -0.417. The smallest absolute Gasteiger partial charge is 0.340 e. The van der Waals surface area contributed by atoms with Gasteiger partial charge in [0.2, 0.25) is 0 Å². The lowest BCUT2D eigenvalue weighted by molar-refractivity contribution is 0.0433. The average molecular weight is 298 g/mol. The number of carbonyl (C=O) groups excluding carboxylic acids is 1. The van der Waals surface area contributed by atoms with Crippen molar-refractivity contribution in [1.82, 2.24) is 9.80 Å². The Labute approximate surface area is 124 Å². The molecule has 20 heavy (non-hydrogen) atoms. The number of nitrogens with two attached hydrogens (primary N) is 1. The molecule has 0 spiro atoms. The normalized spacial score (nSPS) is 17.1. The van der Waals surface area contributed by atoms with E-state index in [0.717, 1.165) is 32.7 Å². The number of esters is 1. The zero-order valence-corrected chi connectivity index (χ0v) is 12.4. The molecule has 1 heterocycles. The summed E-state index contributed by atoms with van der Waals surface area (Å²) >= 11 is 5.88. The summed E-state index contributed by atoms with van der Waals surface area (Å²) in [5.41, 5.74) is 6.37. The van der Waals surface area contributed by atoms with Crippen LogP contribution < -0.4 is 5.73 Å². The maximum absolute atomic E-state index is 11.9. The number of anilines is 1. The average Bonchev–Trinajstić information content (AvgIpc) is 2.44. The summed E-state index contributed by atoms with van der Waals surface area (Å²) in [4.78, 5) is 16.5. The molecule has 0 radical (unpaired) electrons. The van der Waals surface area contributed by atoms with Gasteiger partial charge in [-0.2, -0.15) is 0 Å². The molecular formula is C14H20ClN3O2. The maximum atomic E-state index is 11.9. The highest BCUT2D eigenvalue weighted by Gasteiger charge is 2.16. The second kappa shape index (κ2) is 6.92. The van der Waals surface area contributed by atoms with Crippen LogP contribution >= 0.6 is 11.6 Å². The molecule has 1 aromatic rings. The second-order valence-electron chi connectivity index (χ2n) is 4.98. The fourth-order valence-corrected chi connectivity index (χ4v) is 2.31. The van der Waals surface area contributed by atoms with E-state index < -0.39 is 5.97 Å². The van der Waals surface area contributed by atoms with Gasteiger partial charge in [0.1, 0.15) is 6.61 Å². The van der Waals surface area contributed by atoms with Gasteiger partial charge < -0.3 is 15.4 Å². The lowest BCUT2D eigenvalue weighted by Crippen LogP contribution is -2.45. The number of piperazine rings is 1. The standard InChI is InChI=1S/C14H20ClN3O2/c1-17-5-7-18(8-6-17)9-10-20-14(19)11-3-2-4-12(15)13(11)16/h2-4H,5-10,16H2,1H3. The molecule has 1 aliphatic rings. The number of nitrogen functional groups attached to an aromatic ring is 1. The lowest BCUT2D eigenvalue weighted by atomic mass is 10.2. The summed E-state index contributed by atoms with van der Waals surface area (Å²) < 4.78 is 5.26. The molecule has 0 aliphatic carbocycles. The Morgan fingerprint density at radius 2 is 2.05 bits per heavy atom. The Morgan fingerprint density at radius 1 is 1.35 bits per heavy atom. The molecule has 2 N–H and O–H groups in total. The van der Waals surface area contributed by atoms with Crippen LogP contribution in [0.3, 0.4) is 0 Å². The fraction of sp³-hybridized carbons (Fsp3) is 0.500. The summed E-state index contributed by atoms with van der Waals surface area (Å²) in [6, 6.07) is 4.97. The number of halogens is 1. The number of likely N-dealkylation sites (N-methyl/N-ethyl adjacent to an activating group) is 1. The minimum Gasteiger partial charge on any atom is -0.461 e. The number of hydrogen-bond donors (Lipinski definition) is 1. The molecule has 0 saturated carbocycles. The van der Waals surface area contributed by atoms with Crippen LogP contribution in [-0.4, -0.2) is 62.1 Å². The van der Waals surface area contributed by atoms with E-state index >= 15 is 0 Å². The first-order valence-electron chi connectivity index (χ1n) is 6.70. The Kier molecular flexibility index (Phi) is 5.23. The van der Waals surface area contributed by atoms with Gasteiger partial charge in [0, 0.05) is 32.7 Å². The highest BCUT2D eigenvalue weighted by atomic mass is 35.5. The first-order valence-corrected chi connectivity index (χ1v) is 7.07. The van der Waals surface area contributed by atoms with E-state index in [1.54, 1.807) is 18.2 Å². The Bertz CT molecular complexity index is 473. The quantitative estimate of drug-likeness (QED) is 0.671. The molecule has 0 atom stereocenters. The van der Waals surface area contributed by atoms with Crippen LogP contribution in [0.5, 0.6) is 0 Å². The SMILES string of the molecule is CN1CCN(CCOC(=O)c2cccc(Cl)c2N)CC1. The first kappa shape index (κ1) is 15.1. The largest absolute Gasteiger partial charge is 0.461 e. The monoisotopic (exact) mass is 297 g/mol. The lowest BCUT2D eigenvalue weighted by Gasteiger charge is -2.32. The third kappa shape index (κ3) is 3.85. The number of ether oxygens (including phenoxy) is 1. The zero-order chi connectivity index (χ0) is 14.5. The second-order valence-corrected chi connectivity index (χ2v) is 5.39. The van der Waals surface area contributed by atoms with E-state index in [1.165, 1.54) is 0 Å². The van der Waals surface area contributed by atoms with Gasteiger partial charge >= 0.3 is 5.97 Å². The van der Waals surface area contributed by atoms with E-state index in [2.05, 4.69) is 16.8 Å². The fourth-order valence-electron chi connectivity index (χ4n) is 2.13. The van der Waals surface area contributed by atoms with E-state index in [4.69, 9.17) is 22.1 Å². The van der Waals surface area contributed by atoms with Crippen LogP contribution in [0, 0.1) is 0 Å². The number of rotatable bonds is 4. The van der Waals surface area contributed by atoms with Crippen molar-refractivity contribution >= 4 is 23.3 Å². The van der Waals surface area contributed by atoms with Crippen LogP contribution in [0.2, 0.25) is 5.02 Å². The summed E-state index contributed by atoms with van der Waals surface area (Å²) in [6.07, 6.45) is 0. The molecule has 0 bridgehead atoms. The van der Waals surface area contributed by atoms with Crippen molar-refractivity contribution in [2.45, 2.75) is 0 Å². The molecule has 1 aliphatic heterocycles. The van der Waals surface area contributed by atoms with Crippen LogP contribution in [0.25, 0.3) is 0 Å². The van der Waals surface area contributed by atoms with Gasteiger partial charge in [-0.05, 0) is 19.2 Å². The molecule has 110 valence electrons. The Balaban J connectivity index is 1.79. The van der Waals surface area contributed by atoms with Gasteiger partial charge in [0.15, 0.2) is 0 Å². The van der Waals surface area contributed by atoms with E-state index in [9.17, 15) is 4.79 Å². The molecule has 1 saturated heterocycles. The molecule has 0 aromatic heterocycles. The first-order chi connectivity index (χ1) is 9.58. The Hall–Kier alpha value is -1.30. The molecular weight excluding hydrogens is 278 g/mol. The molecule has 0 unspecified atom stereocenters. The molecule has 6 heteroatoms. The third-order valence-corrected chi connectivity index (χ3v) is 3.84. The minimum absolute atomic E-state index is 0.277. The van der Waals surface area contributed by atoms with Crippen LogP contribution in [0.1, 0.15) is 10.4 Å². The number of para-hydroxylation sites is 1. The third-order valence-electron chi connectivity index (χ3n) is 3.51. The van der Waals surface area contributed by atoms with Crippen molar-refractivity contribution in [2.75, 3.05) is 52.1 Å². The van der Waals surface area contributed by atoms with E-state index in [-0.39, 0.29) is 5.69 Å². The van der Waals surface area contributed by atoms with E-state index in [1.807, 2.05) is 0 Å². The zero-order valence-electron chi connectivity index (χ0n) is 11.6. The minimum atomic E-state index is -0.417. The summed E-state index contributed by atoms with van der Waals surface area (Å²) in [6.45, 7) is 5.24. The van der Waals surface area contributed by atoms with E-state index in [0.29, 0.717) is 17.2 Å². The number of hydrogen-bond acceptors (Lipinski definition) is 5. The molecule has 1 aromatic carbocycles. The van der Waals surface area contributed by atoms with Crippen molar-refractivity contribution in [3.63, 3.8) is 0 Å². The molecule has 5 nitrogen and oxygen atoms in total. The number of benzene rings is 1. The van der Waals surface area contributed by atoms with Crippen molar-refractivity contribution in [3.8, 4) is 0 Å². The van der Waals surface area contributed by atoms with Gasteiger partial charge in [-0.25, -0.2) is 4.79 Å². The molecule has 1 fully saturated rings. The van der Waals surface area contributed by atoms with Crippen LogP contribution in [-0.2, 0) is 4.74 Å². The molecule has 2 rings (SSSR count). The highest BCUT2D eigenvalue weighted by Crippen LogP contribution is 2.22. The number of carbonyl (C=O) groups is 1. The van der Waals surface area contributed by atoms with Crippen LogP contribution in [0.15, 0.2) is 18.2 Å². The maximum Gasteiger partial charge on any atom is 0.340 e. The van der Waals surface area contributed by atoms with Gasteiger partial charge in [-0.3, -0.25) is 4.90 Å². The van der Waals surface area contributed by atoms with Gasteiger partial charge in [-0.15, -0.1) is 0 Å². The Morgan fingerprint density at radius 3 is 2.75 bits per heavy atom. The van der Waals surface area contributed by atoms with Crippen molar-refractivity contribution in [1.29, 1.82) is 0 Å². The van der Waals surface area contributed by atoms with Crippen molar-refractivity contribution < 1.29 is 9.53 Å². The van der Waals surface area contributed by atoms with Crippen molar-refractivity contribution in [2.24, 2.45) is 0 Å². The summed E-state index contributed by atoms with van der Waals surface area (Å²) in [5, 5.41) is 0.374. The number of nitrogens with zero attached hydrogens (tertiary/aromatic N) is 2.